The van der Waals surface area contributed by atoms with Gasteiger partial charge in [0.05, 0.1) is 17.8 Å². The molecule has 0 unspecified atom stereocenters. The van der Waals surface area contributed by atoms with Gasteiger partial charge in [0.25, 0.3) is 0 Å². The molecule has 0 fully saturated rings. The van der Waals surface area contributed by atoms with Crippen molar-refractivity contribution in [2.75, 3.05) is 6.54 Å². The standard InChI is InChI=1S/C18H17FN2O/c19-13-6-7-16-14(10-13)15(11-22)18(17(21-16)8-9-20)12-4-2-1-3-5-12/h1-7,10,22H,8-9,11,20H2. The lowest BCUT2D eigenvalue weighted by atomic mass is 9.93. The summed E-state index contributed by atoms with van der Waals surface area (Å²) in [5.41, 5.74) is 9.71. The van der Waals surface area contributed by atoms with E-state index in [4.69, 9.17) is 5.73 Å². The van der Waals surface area contributed by atoms with Crippen molar-refractivity contribution in [3.05, 3.63) is 65.6 Å². The highest BCUT2D eigenvalue weighted by atomic mass is 19.1. The highest BCUT2D eigenvalue weighted by Gasteiger charge is 2.16. The molecular formula is C18H17FN2O. The number of fused-ring (bicyclic) bond motifs is 1. The Morgan fingerprint density at radius 2 is 1.86 bits per heavy atom. The smallest absolute Gasteiger partial charge is 0.123 e. The van der Waals surface area contributed by atoms with Crippen LogP contribution in [0.1, 0.15) is 11.3 Å². The Morgan fingerprint density at radius 3 is 2.55 bits per heavy atom. The fourth-order valence-electron chi connectivity index (χ4n) is 2.79. The normalized spacial score (nSPS) is 11.0. The van der Waals surface area contributed by atoms with Gasteiger partial charge in [-0.3, -0.25) is 4.98 Å². The molecule has 2 aromatic carbocycles. The zero-order valence-electron chi connectivity index (χ0n) is 12.1. The van der Waals surface area contributed by atoms with Crippen LogP contribution in [0, 0.1) is 5.82 Å². The number of halogens is 1. The second kappa shape index (κ2) is 6.22. The van der Waals surface area contributed by atoms with Crippen LogP contribution in [0.2, 0.25) is 0 Å². The second-order valence-electron chi connectivity index (χ2n) is 5.14. The molecule has 3 rings (SSSR count). The van der Waals surface area contributed by atoms with Crippen molar-refractivity contribution in [2.24, 2.45) is 5.73 Å². The zero-order valence-corrected chi connectivity index (χ0v) is 12.1. The van der Waals surface area contributed by atoms with Crippen LogP contribution in [-0.2, 0) is 13.0 Å². The number of pyridine rings is 1. The van der Waals surface area contributed by atoms with Crippen molar-refractivity contribution < 1.29 is 9.50 Å². The Hall–Kier alpha value is -2.30. The van der Waals surface area contributed by atoms with E-state index in [-0.39, 0.29) is 12.4 Å². The molecule has 22 heavy (non-hydrogen) atoms. The summed E-state index contributed by atoms with van der Waals surface area (Å²) in [6.45, 7) is 0.286. The monoisotopic (exact) mass is 296 g/mol. The van der Waals surface area contributed by atoms with Crippen molar-refractivity contribution in [3.63, 3.8) is 0 Å². The lowest BCUT2D eigenvalue weighted by Crippen LogP contribution is -2.08. The summed E-state index contributed by atoms with van der Waals surface area (Å²) in [4.78, 5) is 4.63. The molecule has 3 nitrogen and oxygen atoms in total. The van der Waals surface area contributed by atoms with Crippen LogP contribution >= 0.6 is 0 Å². The molecule has 0 saturated carbocycles. The van der Waals surface area contributed by atoms with Crippen LogP contribution in [0.5, 0.6) is 0 Å². The Balaban J connectivity index is 2.38. The predicted molar refractivity (Wildman–Crippen MR) is 85.8 cm³/mol. The lowest BCUT2D eigenvalue weighted by molar-refractivity contribution is 0.283. The predicted octanol–water partition coefficient (Wildman–Crippen LogP) is 3.03. The van der Waals surface area contributed by atoms with Crippen LogP contribution < -0.4 is 5.73 Å². The molecule has 0 atom stereocenters. The summed E-state index contributed by atoms with van der Waals surface area (Å²) < 4.78 is 13.6. The summed E-state index contributed by atoms with van der Waals surface area (Å²) in [5, 5.41) is 10.5. The van der Waals surface area contributed by atoms with Gasteiger partial charge in [-0.2, -0.15) is 0 Å². The molecule has 0 aliphatic rings. The molecule has 4 heteroatoms. The first-order valence-electron chi connectivity index (χ1n) is 7.22. The van der Waals surface area contributed by atoms with E-state index >= 15 is 0 Å². The average Bonchev–Trinajstić information content (AvgIpc) is 2.55. The third-order valence-electron chi connectivity index (χ3n) is 3.73. The summed E-state index contributed by atoms with van der Waals surface area (Å²) in [6.07, 6.45) is 0.602. The molecule has 0 amide bonds. The number of aliphatic hydroxyl groups is 1. The van der Waals surface area contributed by atoms with E-state index in [0.717, 1.165) is 16.8 Å². The maximum atomic E-state index is 13.6. The molecule has 0 saturated heterocycles. The lowest BCUT2D eigenvalue weighted by Gasteiger charge is -2.16. The molecule has 3 aromatic rings. The van der Waals surface area contributed by atoms with E-state index in [0.29, 0.717) is 29.4 Å². The molecule has 3 N–H and O–H groups in total. The fourth-order valence-corrected chi connectivity index (χ4v) is 2.79. The first-order chi connectivity index (χ1) is 10.7. The molecule has 112 valence electrons. The zero-order chi connectivity index (χ0) is 15.5. The van der Waals surface area contributed by atoms with E-state index in [2.05, 4.69) is 4.98 Å². The summed E-state index contributed by atoms with van der Waals surface area (Å²) in [7, 11) is 0. The average molecular weight is 296 g/mol. The molecule has 0 bridgehead atoms. The van der Waals surface area contributed by atoms with Crippen LogP contribution in [0.25, 0.3) is 22.0 Å². The maximum Gasteiger partial charge on any atom is 0.123 e. The molecule has 1 heterocycles. The molecule has 0 radical (unpaired) electrons. The van der Waals surface area contributed by atoms with E-state index in [1.54, 1.807) is 6.07 Å². The minimum Gasteiger partial charge on any atom is -0.392 e. The minimum absolute atomic E-state index is 0.176. The summed E-state index contributed by atoms with van der Waals surface area (Å²) in [6, 6.07) is 14.1. The molecule has 0 aliphatic carbocycles. The number of nitrogens with zero attached hydrogens (tertiary/aromatic N) is 1. The van der Waals surface area contributed by atoms with Gasteiger partial charge in [0, 0.05) is 17.4 Å². The highest BCUT2D eigenvalue weighted by molar-refractivity contribution is 5.90. The first-order valence-corrected chi connectivity index (χ1v) is 7.22. The van der Waals surface area contributed by atoms with Crippen molar-refractivity contribution >= 4 is 10.9 Å². The number of rotatable bonds is 4. The van der Waals surface area contributed by atoms with E-state index in [1.807, 2.05) is 30.3 Å². The molecule has 0 spiro atoms. The Bertz CT molecular complexity index is 803. The molecular weight excluding hydrogens is 279 g/mol. The largest absolute Gasteiger partial charge is 0.392 e. The third-order valence-corrected chi connectivity index (χ3v) is 3.73. The van der Waals surface area contributed by atoms with E-state index < -0.39 is 0 Å². The van der Waals surface area contributed by atoms with Crippen LogP contribution in [0.3, 0.4) is 0 Å². The number of nitrogens with two attached hydrogens (primary N) is 1. The number of aromatic nitrogens is 1. The molecule has 0 aliphatic heterocycles. The van der Waals surface area contributed by atoms with Crippen molar-refractivity contribution in [1.82, 2.24) is 4.98 Å². The Morgan fingerprint density at radius 1 is 1.09 bits per heavy atom. The number of benzene rings is 2. The van der Waals surface area contributed by atoms with Crippen molar-refractivity contribution in [3.8, 4) is 11.1 Å². The summed E-state index contributed by atoms with van der Waals surface area (Å²) >= 11 is 0. The van der Waals surface area contributed by atoms with Gasteiger partial charge in [-0.25, -0.2) is 4.39 Å². The van der Waals surface area contributed by atoms with Crippen molar-refractivity contribution in [1.29, 1.82) is 0 Å². The van der Waals surface area contributed by atoms with Gasteiger partial charge in [0.15, 0.2) is 0 Å². The van der Waals surface area contributed by atoms with Gasteiger partial charge in [-0.15, -0.1) is 0 Å². The number of aliphatic hydroxyl groups excluding tert-OH is 1. The van der Waals surface area contributed by atoms with Gasteiger partial charge in [-0.1, -0.05) is 30.3 Å². The van der Waals surface area contributed by atoms with E-state index in [1.165, 1.54) is 12.1 Å². The van der Waals surface area contributed by atoms with Gasteiger partial charge in [-0.05, 0) is 35.9 Å². The minimum atomic E-state index is -0.338. The maximum absolute atomic E-state index is 13.6. The van der Waals surface area contributed by atoms with E-state index in [9.17, 15) is 9.50 Å². The van der Waals surface area contributed by atoms with Crippen molar-refractivity contribution in [2.45, 2.75) is 13.0 Å². The van der Waals surface area contributed by atoms with Crippen LogP contribution in [0.15, 0.2) is 48.5 Å². The third kappa shape index (κ3) is 2.58. The molecule has 1 aromatic heterocycles. The van der Waals surface area contributed by atoms with Gasteiger partial charge < -0.3 is 10.8 Å². The highest BCUT2D eigenvalue weighted by Crippen LogP contribution is 2.32. The SMILES string of the molecule is NCCc1nc2ccc(F)cc2c(CO)c1-c1ccccc1. The fraction of sp³-hybridized carbons (Fsp3) is 0.167. The number of hydrogen-bond acceptors (Lipinski definition) is 3. The number of hydrogen-bond donors (Lipinski definition) is 2. The Labute approximate surface area is 128 Å². The van der Waals surface area contributed by atoms with Crippen LogP contribution in [-0.4, -0.2) is 16.6 Å². The van der Waals surface area contributed by atoms with Gasteiger partial charge in [0.1, 0.15) is 5.82 Å². The Kier molecular flexibility index (Phi) is 4.13. The van der Waals surface area contributed by atoms with Crippen LogP contribution in [0.4, 0.5) is 4.39 Å². The summed E-state index contributed by atoms with van der Waals surface area (Å²) in [5.74, 6) is -0.338. The quantitative estimate of drug-likeness (QED) is 0.778. The topological polar surface area (TPSA) is 59.1 Å². The van der Waals surface area contributed by atoms with Gasteiger partial charge >= 0.3 is 0 Å². The first kappa shape index (κ1) is 14.6. The van der Waals surface area contributed by atoms with Gasteiger partial charge in [0.2, 0.25) is 0 Å². The second-order valence-corrected chi connectivity index (χ2v) is 5.14.